The first-order valence-corrected chi connectivity index (χ1v) is 4.96. The van der Waals surface area contributed by atoms with Gasteiger partial charge < -0.3 is 12.4 Å². The van der Waals surface area contributed by atoms with Gasteiger partial charge in [0.1, 0.15) is 6.67 Å². The van der Waals surface area contributed by atoms with Crippen LogP contribution in [0.3, 0.4) is 0 Å². The van der Waals surface area contributed by atoms with Gasteiger partial charge in [-0.05, 0) is 12.5 Å². The quantitative estimate of drug-likeness (QED) is 0.501. The summed E-state index contributed by atoms with van der Waals surface area (Å²) in [5.74, 6) is 0. The summed E-state index contributed by atoms with van der Waals surface area (Å²) in [6.07, 6.45) is 1.80. The third-order valence-electron chi connectivity index (χ3n) is 2.25. The molecule has 1 aliphatic rings. The van der Waals surface area contributed by atoms with Crippen LogP contribution in [0.4, 0.5) is 0 Å². The van der Waals surface area contributed by atoms with Crippen molar-refractivity contribution in [2.75, 3.05) is 6.67 Å². The second kappa shape index (κ2) is 10.4. The summed E-state index contributed by atoms with van der Waals surface area (Å²) < 4.78 is 0. The van der Waals surface area contributed by atoms with Crippen LogP contribution >= 0.6 is 0 Å². The summed E-state index contributed by atoms with van der Waals surface area (Å²) in [5.41, 5.74) is 3.10. The van der Waals surface area contributed by atoms with Gasteiger partial charge in [0.15, 0.2) is 0 Å². The molecule has 0 aromatic heterocycles. The molecule has 0 fully saturated rings. The smallest absolute Gasteiger partial charge is 0.130 e. The van der Waals surface area contributed by atoms with Gasteiger partial charge in [-0.15, -0.1) is 0 Å². The second-order valence-corrected chi connectivity index (χ2v) is 3.38. The Morgan fingerprint density at radius 3 is 2.39 bits per heavy atom. The molecule has 0 saturated heterocycles. The van der Waals surface area contributed by atoms with Crippen LogP contribution in [0.15, 0.2) is 45.3 Å². The third kappa shape index (κ3) is 5.91. The van der Waals surface area contributed by atoms with Crippen LogP contribution in [0.5, 0.6) is 0 Å². The fourth-order valence-corrected chi connectivity index (χ4v) is 1.37. The molecule has 0 spiro atoms. The molecule has 104 valence electrons. The topological polar surface area (TPSA) is 37.1 Å². The molecule has 0 N–H and O–H groups in total. The Bertz CT molecular complexity index is 430. The Hall–Kier alpha value is -0.493. The van der Waals surface area contributed by atoms with E-state index in [1.165, 1.54) is 5.56 Å². The second-order valence-electron chi connectivity index (χ2n) is 3.38. The molecule has 0 aliphatic carbocycles. The first kappa shape index (κ1) is 19.8. The molecule has 1 aromatic rings. The van der Waals surface area contributed by atoms with Crippen molar-refractivity contribution in [1.29, 1.82) is 0 Å². The van der Waals surface area contributed by atoms with Gasteiger partial charge in [-0.1, -0.05) is 30.3 Å². The SMILES string of the molecule is CC1=NCN=C1C=NCc1ccccc1.[Cl-].[Ni].[Ni]. The van der Waals surface area contributed by atoms with E-state index in [-0.39, 0.29) is 45.4 Å². The minimum atomic E-state index is 0. The number of hydrogen-bond acceptors (Lipinski definition) is 3. The van der Waals surface area contributed by atoms with Crippen LogP contribution in [-0.4, -0.2) is 24.3 Å². The Kier molecular flexibility index (Phi) is 11.5. The van der Waals surface area contributed by atoms with Gasteiger partial charge >= 0.3 is 0 Å². The average Bonchev–Trinajstić information content (AvgIpc) is 2.66. The van der Waals surface area contributed by atoms with Crippen molar-refractivity contribution >= 4 is 17.6 Å². The van der Waals surface area contributed by atoms with Gasteiger partial charge in [-0.2, -0.15) is 0 Å². The maximum Gasteiger partial charge on any atom is 0.130 e. The molecule has 0 unspecified atom stereocenters. The van der Waals surface area contributed by atoms with Crippen LogP contribution in [0.2, 0.25) is 0 Å². The van der Waals surface area contributed by atoms with Crippen molar-refractivity contribution in [1.82, 2.24) is 0 Å². The van der Waals surface area contributed by atoms with Gasteiger partial charge in [0.05, 0.1) is 18.0 Å². The number of aliphatic imine (C=N–C) groups is 3. The van der Waals surface area contributed by atoms with Crippen molar-refractivity contribution in [3.8, 4) is 0 Å². The minimum absolute atomic E-state index is 0. The molecule has 0 atom stereocenters. The summed E-state index contributed by atoms with van der Waals surface area (Å²) in [6, 6.07) is 10.2. The summed E-state index contributed by atoms with van der Waals surface area (Å²) in [5, 5.41) is 0. The van der Waals surface area contributed by atoms with Crippen molar-refractivity contribution in [3.63, 3.8) is 0 Å². The van der Waals surface area contributed by atoms with Crippen molar-refractivity contribution in [2.45, 2.75) is 13.5 Å². The first-order chi connectivity index (χ1) is 7.36. The molecule has 1 aromatic carbocycles. The fraction of sp³-hybridized carbons (Fsp3) is 0.250. The summed E-state index contributed by atoms with van der Waals surface area (Å²) >= 11 is 0. The van der Waals surface area contributed by atoms with Crippen LogP contribution in [0, 0.1) is 0 Å². The summed E-state index contributed by atoms with van der Waals surface area (Å²) in [6.45, 7) is 3.21. The minimum Gasteiger partial charge on any atom is -1.00 e. The number of halogens is 1. The molecule has 1 heterocycles. The van der Waals surface area contributed by atoms with E-state index in [1.54, 1.807) is 6.21 Å². The molecular weight excluding hydrogens is 339 g/mol. The molecule has 0 radical (unpaired) electrons. The number of rotatable bonds is 3. The van der Waals surface area contributed by atoms with Gasteiger partial charge in [-0.3, -0.25) is 15.0 Å². The maximum absolute atomic E-state index is 4.34. The van der Waals surface area contributed by atoms with E-state index >= 15 is 0 Å². The molecule has 0 saturated carbocycles. The Balaban J connectivity index is 0. The zero-order valence-electron chi connectivity index (χ0n) is 9.73. The largest absolute Gasteiger partial charge is 1.00 e. The number of nitrogens with zero attached hydrogens (tertiary/aromatic N) is 3. The van der Waals surface area contributed by atoms with Gasteiger partial charge in [0, 0.05) is 39.2 Å². The Labute approximate surface area is 134 Å². The monoisotopic (exact) mass is 350 g/mol. The van der Waals surface area contributed by atoms with Crippen molar-refractivity contribution in [2.24, 2.45) is 15.0 Å². The first-order valence-electron chi connectivity index (χ1n) is 4.96. The molecule has 6 heteroatoms. The van der Waals surface area contributed by atoms with E-state index < -0.39 is 0 Å². The van der Waals surface area contributed by atoms with E-state index in [4.69, 9.17) is 0 Å². The molecule has 2 rings (SSSR count). The van der Waals surface area contributed by atoms with E-state index in [9.17, 15) is 0 Å². The molecule has 1 aliphatic heterocycles. The summed E-state index contributed by atoms with van der Waals surface area (Å²) in [7, 11) is 0. The third-order valence-corrected chi connectivity index (χ3v) is 2.25. The fourth-order valence-electron chi connectivity index (χ4n) is 1.37. The van der Waals surface area contributed by atoms with Gasteiger partial charge in [0.25, 0.3) is 0 Å². The molecule has 18 heavy (non-hydrogen) atoms. The zero-order valence-corrected chi connectivity index (χ0v) is 12.5. The van der Waals surface area contributed by atoms with E-state index in [1.807, 2.05) is 25.1 Å². The standard InChI is InChI=1S/C12H13N3.ClH.2Ni/c1-10-12(15-9-14-10)8-13-7-11-5-3-2-4-6-11;;;/h2-6,8H,7,9H2,1H3;1H;;/p-1. The van der Waals surface area contributed by atoms with Crippen molar-refractivity contribution in [3.05, 3.63) is 35.9 Å². The maximum atomic E-state index is 4.34. The van der Waals surface area contributed by atoms with E-state index in [0.29, 0.717) is 13.2 Å². The zero-order chi connectivity index (χ0) is 10.5. The predicted molar refractivity (Wildman–Crippen MR) is 64.0 cm³/mol. The van der Waals surface area contributed by atoms with Gasteiger partial charge in [-0.25, -0.2) is 0 Å². The van der Waals surface area contributed by atoms with E-state index in [0.717, 1.165) is 11.4 Å². The van der Waals surface area contributed by atoms with Crippen LogP contribution < -0.4 is 12.4 Å². The number of hydrogen-bond donors (Lipinski definition) is 0. The molecular formula is C12H13ClN3Ni2-. The molecule has 3 nitrogen and oxygen atoms in total. The van der Waals surface area contributed by atoms with Gasteiger partial charge in [0.2, 0.25) is 0 Å². The Morgan fingerprint density at radius 1 is 1.17 bits per heavy atom. The predicted octanol–water partition coefficient (Wildman–Crippen LogP) is -0.871. The average molecular weight is 352 g/mol. The number of benzene rings is 1. The van der Waals surface area contributed by atoms with Crippen LogP contribution in [-0.2, 0) is 39.5 Å². The molecule has 0 bridgehead atoms. The molecule has 0 amide bonds. The van der Waals surface area contributed by atoms with Crippen LogP contribution in [0.25, 0.3) is 0 Å². The van der Waals surface area contributed by atoms with Crippen LogP contribution in [0.1, 0.15) is 12.5 Å². The normalized spacial score (nSPS) is 12.9. The van der Waals surface area contributed by atoms with Crippen molar-refractivity contribution < 1.29 is 45.4 Å². The summed E-state index contributed by atoms with van der Waals surface area (Å²) in [4.78, 5) is 12.7. The Morgan fingerprint density at radius 2 is 1.83 bits per heavy atom. The van der Waals surface area contributed by atoms with E-state index in [2.05, 4.69) is 27.1 Å².